The molecule has 0 N–H and O–H groups in total. The van der Waals surface area contributed by atoms with Crippen LogP contribution in [0.5, 0.6) is 0 Å². The molecule has 1 atom stereocenters. The maximum atomic E-state index is 12.8. The maximum Gasteiger partial charge on any atom is 0.306 e. The fourth-order valence-corrected chi connectivity index (χ4v) is 8.41. The van der Waals surface area contributed by atoms with Gasteiger partial charge in [0.05, 0.1) is 0 Å². The summed E-state index contributed by atoms with van der Waals surface area (Å²) in [5, 5.41) is 0. The van der Waals surface area contributed by atoms with E-state index in [1.807, 2.05) is 6.08 Å². The number of hydrogen-bond acceptors (Lipinski definition) is 6. The Kier molecular flexibility index (Phi) is 56.3. The van der Waals surface area contributed by atoms with Gasteiger partial charge in [-0.2, -0.15) is 0 Å². The molecule has 6 heteroatoms. The zero-order chi connectivity index (χ0) is 51.4. The van der Waals surface area contributed by atoms with E-state index in [-0.39, 0.29) is 31.6 Å². The lowest BCUT2D eigenvalue weighted by Crippen LogP contribution is -2.30. The van der Waals surface area contributed by atoms with Crippen molar-refractivity contribution < 1.29 is 28.6 Å². The zero-order valence-corrected chi connectivity index (χ0v) is 46.7. The fraction of sp³-hybridized carbons (Fsp3) is 0.738. The van der Waals surface area contributed by atoms with E-state index in [2.05, 4.69) is 99.8 Å². The molecular formula is C65H112O6. The van der Waals surface area contributed by atoms with Gasteiger partial charge in [0.25, 0.3) is 0 Å². The summed E-state index contributed by atoms with van der Waals surface area (Å²) < 4.78 is 16.8. The summed E-state index contributed by atoms with van der Waals surface area (Å²) >= 11 is 0. The van der Waals surface area contributed by atoms with Gasteiger partial charge in [0.15, 0.2) is 6.10 Å². The third kappa shape index (κ3) is 57.4. The SMILES string of the molecule is CC/C=C\C/C=C\C/C=C\C/C=C\C/C=C\C/C=C\CCC(=O)OC(COC(=O)CCCCCCCCCCC)COC(=O)CCCCCCCCCCCCCCC/C=C\CCCCCCCCCC. The summed E-state index contributed by atoms with van der Waals surface area (Å²) in [5.41, 5.74) is 0. The Morgan fingerprint density at radius 1 is 0.296 bits per heavy atom. The molecule has 0 radical (unpaired) electrons. The highest BCUT2D eigenvalue weighted by atomic mass is 16.6. The average molecular weight is 990 g/mol. The summed E-state index contributed by atoms with van der Waals surface area (Å²) in [6.45, 7) is 6.46. The first-order valence-electron chi connectivity index (χ1n) is 30.1. The van der Waals surface area contributed by atoms with E-state index in [1.165, 1.54) is 167 Å². The number of esters is 3. The number of unbranched alkanes of at least 4 members (excludes halogenated alkanes) is 29. The number of ether oxygens (including phenoxy) is 3. The Balaban J connectivity index is 4.30. The molecule has 0 amide bonds. The summed E-state index contributed by atoms with van der Waals surface area (Å²) in [7, 11) is 0. The van der Waals surface area contributed by atoms with Crippen molar-refractivity contribution in [2.45, 2.75) is 297 Å². The molecule has 0 saturated carbocycles. The van der Waals surface area contributed by atoms with Crippen molar-refractivity contribution in [3.05, 3.63) is 85.1 Å². The highest BCUT2D eigenvalue weighted by Crippen LogP contribution is 2.16. The van der Waals surface area contributed by atoms with E-state index in [0.29, 0.717) is 19.3 Å². The highest BCUT2D eigenvalue weighted by molar-refractivity contribution is 5.71. The Hall–Kier alpha value is -3.41. The molecule has 0 rings (SSSR count). The van der Waals surface area contributed by atoms with Crippen molar-refractivity contribution in [3.63, 3.8) is 0 Å². The molecule has 71 heavy (non-hydrogen) atoms. The molecule has 6 nitrogen and oxygen atoms in total. The van der Waals surface area contributed by atoms with Crippen molar-refractivity contribution in [2.24, 2.45) is 0 Å². The summed E-state index contributed by atoms with van der Waals surface area (Å²) in [4.78, 5) is 38.0. The maximum absolute atomic E-state index is 12.8. The van der Waals surface area contributed by atoms with E-state index >= 15 is 0 Å². The van der Waals surface area contributed by atoms with E-state index in [9.17, 15) is 14.4 Å². The Labute approximate surface area is 439 Å². The molecule has 0 aliphatic heterocycles. The first kappa shape index (κ1) is 67.6. The highest BCUT2D eigenvalue weighted by Gasteiger charge is 2.19. The Morgan fingerprint density at radius 3 is 0.915 bits per heavy atom. The van der Waals surface area contributed by atoms with Gasteiger partial charge in [-0.05, 0) is 83.5 Å². The van der Waals surface area contributed by atoms with Crippen LogP contribution >= 0.6 is 0 Å². The van der Waals surface area contributed by atoms with Crippen molar-refractivity contribution in [2.75, 3.05) is 13.2 Å². The van der Waals surface area contributed by atoms with Gasteiger partial charge in [0, 0.05) is 19.3 Å². The molecule has 0 aromatic carbocycles. The van der Waals surface area contributed by atoms with Crippen LogP contribution in [0.25, 0.3) is 0 Å². The average Bonchev–Trinajstić information content (AvgIpc) is 3.37. The lowest BCUT2D eigenvalue weighted by Gasteiger charge is -2.18. The van der Waals surface area contributed by atoms with Crippen LogP contribution in [0.4, 0.5) is 0 Å². The monoisotopic (exact) mass is 989 g/mol. The number of carbonyl (C=O) groups excluding carboxylic acids is 3. The van der Waals surface area contributed by atoms with E-state index in [0.717, 1.165) is 77.0 Å². The van der Waals surface area contributed by atoms with Gasteiger partial charge >= 0.3 is 17.9 Å². The molecule has 0 saturated heterocycles. The largest absolute Gasteiger partial charge is 0.462 e. The molecule has 0 heterocycles. The lowest BCUT2D eigenvalue weighted by molar-refractivity contribution is -0.166. The topological polar surface area (TPSA) is 78.9 Å². The van der Waals surface area contributed by atoms with Gasteiger partial charge in [-0.3, -0.25) is 14.4 Å². The van der Waals surface area contributed by atoms with Crippen LogP contribution in [0.3, 0.4) is 0 Å². The molecule has 0 aromatic heterocycles. The zero-order valence-electron chi connectivity index (χ0n) is 46.7. The third-order valence-corrected chi connectivity index (χ3v) is 12.9. The van der Waals surface area contributed by atoms with Gasteiger partial charge < -0.3 is 14.2 Å². The van der Waals surface area contributed by atoms with Gasteiger partial charge in [-0.1, -0.05) is 273 Å². The van der Waals surface area contributed by atoms with Crippen LogP contribution in [0, 0.1) is 0 Å². The molecule has 0 fully saturated rings. The second kappa shape index (κ2) is 59.2. The van der Waals surface area contributed by atoms with E-state index in [1.54, 1.807) is 0 Å². The molecule has 0 aromatic rings. The smallest absolute Gasteiger partial charge is 0.306 e. The van der Waals surface area contributed by atoms with E-state index < -0.39 is 12.1 Å². The number of allylic oxidation sites excluding steroid dienone is 14. The van der Waals surface area contributed by atoms with Gasteiger partial charge in [0.2, 0.25) is 0 Å². The summed E-state index contributed by atoms with van der Waals surface area (Å²) in [5.74, 6) is -0.985. The molecule has 408 valence electrons. The first-order chi connectivity index (χ1) is 35.0. The molecule has 0 aliphatic rings. The number of carbonyl (C=O) groups is 3. The van der Waals surface area contributed by atoms with Crippen molar-refractivity contribution in [1.29, 1.82) is 0 Å². The predicted molar refractivity (Wildman–Crippen MR) is 307 cm³/mol. The molecular weight excluding hydrogens is 877 g/mol. The van der Waals surface area contributed by atoms with Crippen molar-refractivity contribution >= 4 is 17.9 Å². The summed E-state index contributed by atoms with van der Waals surface area (Å²) in [6.07, 6.45) is 77.6. The number of hydrogen-bond donors (Lipinski definition) is 0. The molecule has 0 aliphatic carbocycles. The normalized spacial score (nSPS) is 12.7. The van der Waals surface area contributed by atoms with Crippen LogP contribution in [-0.2, 0) is 28.6 Å². The van der Waals surface area contributed by atoms with Crippen LogP contribution in [0.15, 0.2) is 85.1 Å². The minimum atomic E-state index is -0.815. The quantitative estimate of drug-likeness (QED) is 0.0261. The molecule has 0 bridgehead atoms. The minimum Gasteiger partial charge on any atom is -0.462 e. The Bertz CT molecular complexity index is 1370. The van der Waals surface area contributed by atoms with Gasteiger partial charge in [0.1, 0.15) is 13.2 Å². The molecule has 1 unspecified atom stereocenters. The number of rotatable bonds is 54. The standard InChI is InChI=1S/C65H112O6/c1-4-7-10-13-16-19-21-23-25-27-29-30-31-32-33-34-36-37-39-41-43-46-49-52-55-58-64(67)70-61-62(60-69-63(66)57-54-51-48-45-18-15-12-9-6-3)71-65(68)59-56-53-50-47-44-42-40-38-35-28-26-24-22-20-17-14-11-8-5-2/h8,11,17,20,24,26-27,29,35,38,42,44,50,53,62H,4-7,9-10,12-16,18-19,21-23,25,28,30-34,36-37,39-41,43,45-49,51-52,54-61H2,1-3H3/b11-8-,20-17-,26-24-,29-27-,38-35-,44-42-,53-50-. The fourth-order valence-electron chi connectivity index (χ4n) is 8.41. The van der Waals surface area contributed by atoms with Crippen LogP contribution in [0.2, 0.25) is 0 Å². The second-order valence-electron chi connectivity index (χ2n) is 19.9. The van der Waals surface area contributed by atoms with Crippen molar-refractivity contribution in [3.8, 4) is 0 Å². The van der Waals surface area contributed by atoms with E-state index in [4.69, 9.17) is 14.2 Å². The molecule has 0 spiro atoms. The third-order valence-electron chi connectivity index (χ3n) is 12.9. The summed E-state index contributed by atoms with van der Waals surface area (Å²) in [6, 6.07) is 0. The lowest BCUT2D eigenvalue weighted by atomic mass is 10.0. The van der Waals surface area contributed by atoms with Gasteiger partial charge in [-0.25, -0.2) is 0 Å². The Morgan fingerprint density at radius 2 is 0.577 bits per heavy atom. The second-order valence-corrected chi connectivity index (χ2v) is 19.9. The van der Waals surface area contributed by atoms with Crippen LogP contribution in [-0.4, -0.2) is 37.2 Å². The predicted octanol–water partition coefficient (Wildman–Crippen LogP) is 20.3. The van der Waals surface area contributed by atoms with Crippen molar-refractivity contribution in [1.82, 2.24) is 0 Å². The first-order valence-corrected chi connectivity index (χ1v) is 30.1. The minimum absolute atomic E-state index is 0.105. The van der Waals surface area contributed by atoms with Crippen LogP contribution in [0.1, 0.15) is 290 Å². The van der Waals surface area contributed by atoms with Crippen LogP contribution < -0.4 is 0 Å². The van der Waals surface area contributed by atoms with Gasteiger partial charge in [-0.15, -0.1) is 0 Å².